The molecule has 2 N–H and O–H groups in total. The van der Waals surface area contributed by atoms with Gasteiger partial charge in [-0.2, -0.15) is 5.26 Å². The van der Waals surface area contributed by atoms with Crippen molar-refractivity contribution in [3.05, 3.63) is 86.5 Å². The third-order valence-electron chi connectivity index (χ3n) is 5.97. The van der Waals surface area contributed by atoms with Crippen LogP contribution in [-0.2, 0) is 16.0 Å². The number of carbonyl (C=O) groups is 2. The van der Waals surface area contributed by atoms with Gasteiger partial charge in [-0.1, -0.05) is 17.7 Å². The monoisotopic (exact) mass is 553 g/mol. The minimum Gasteiger partial charge on any atom is -0.495 e. The lowest BCUT2D eigenvalue weighted by molar-refractivity contribution is -0.122. The molecule has 3 aromatic rings. The molecule has 3 rings (SSSR count). The van der Waals surface area contributed by atoms with E-state index < -0.39 is 28.9 Å². The molecule has 10 heteroatoms. The fourth-order valence-electron chi connectivity index (χ4n) is 4.10. The van der Waals surface area contributed by atoms with E-state index >= 15 is 0 Å². The first kappa shape index (κ1) is 29.6. The number of carbonyl (C=O) groups excluding carboxylic acids is 2. The maximum atomic E-state index is 14.3. The van der Waals surface area contributed by atoms with E-state index in [1.54, 1.807) is 18.2 Å². The number of hydrogen-bond donors (Lipinski definition) is 1. The molecule has 0 aliphatic rings. The number of ketones is 1. The van der Waals surface area contributed by atoms with Gasteiger partial charge in [-0.15, -0.1) is 0 Å². The number of amides is 1. The van der Waals surface area contributed by atoms with Gasteiger partial charge in [-0.3, -0.25) is 14.4 Å². The third kappa shape index (κ3) is 7.31. The lowest BCUT2D eigenvalue weighted by atomic mass is 9.98. The Labute approximate surface area is 230 Å². The van der Waals surface area contributed by atoms with Gasteiger partial charge in [0.1, 0.15) is 11.6 Å². The number of primary amides is 1. The van der Waals surface area contributed by atoms with Crippen molar-refractivity contribution >= 4 is 23.3 Å². The van der Waals surface area contributed by atoms with Gasteiger partial charge in [0.05, 0.1) is 42.1 Å². The number of ether oxygens (including phenoxy) is 2. The van der Waals surface area contributed by atoms with Crippen LogP contribution in [0.2, 0.25) is 5.02 Å². The highest BCUT2D eigenvalue weighted by molar-refractivity contribution is 6.31. The van der Waals surface area contributed by atoms with Crippen molar-refractivity contribution in [3.8, 4) is 22.9 Å². The summed E-state index contributed by atoms with van der Waals surface area (Å²) < 4.78 is 26.9. The molecule has 1 aromatic heterocycles. The molecule has 8 nitrogen and oxygen atoms in total. The summed E-state index contributed by atoms with van der Waals surface area (Å²) in [5.74, 6) is -1.88. The van der Waals surface area contributed by atoms with Crippen LogP contribution in [0.4, 0.5) is 4.39 Å². The summed E-state index contributed by atoms with van der Waals surface area (Å²) in [6.07, 6.45) is 1.36. The van der Waals surface area contributed by atoms with Crippen LogP contribution in [0.3, 0.4) is 0 Å². The SMILES string of the molecule is COc1cn(C(CCOC(C)(C)C)C(=O)Cc2ccc(C(N)=O)c(F)c2)c(=O)cc1-c1cc(Cl)ccc1C#N. The van der Waals surface area contributed by atoms with Gasteiger partial charge in [0.25, 0.3) is 11.5 Å². The molecule has 0 aliphatic heterocycles. The average molecular weight is 554 g/mol. The highest BCUT2D eigenvalue weighted by Crippen LogP contribution is 2.33. The molecule has 0 saturated heterocycles. The second kappa shape index (κ2) is 12.2. The van der Waals surface area contributed by atoms with Crippen LogP contribution in [0.15, 0.2) is 53.5 Å². The van der Waals surface area contributed by atoms with Crippen LogP contribution in [-0.4, -0.2) is 35.6 Å². The fourth-order valence-corrected chi connectivity index (χ4v) is 4.27. The van der Waals surface area contributed by atoms with Crippen molar-refractivity contribution in [2.45, 2.75) is 45.3 Å². The van der Waals surface area contributed by atoms with Gasteiger partial charge >= 0.3 is 0 Å². The number of benzene rings is 2. The molecule has 0 bridgehead atoms. The Morgan fingerprint density at radius 2 is 1.87 bits per heavy atom. The maximum Gasteiger partial charge on any atom is 0.252 e. The Morgan fingerprint density at radius 1 is 1.15 bits per heavy atom. The molecule has 0 fully saturated rings. The van der Waals surface area contributed by atoms with Crippen molar-refractivity contribution < 1.29 is 23.5 Å². The molecule has 0 radical (unpaired) electrons. The van der Waals surface area contributed by atoms with Crippen LogP contribution in [0.25, 0.3) is 11.1 Å². The number of methoxy groups -OCH3 is 1. The number of nitrogens with zero attached hydrogens (tertiary/aromatic N) is 2. The normalized spacial score (nSPS) is 12.0. The largest absolute Gasteiger partial charge is 0.495 e. The molecule has 39 heavy (non-hydrogen) atoms. The summed E-state index contributed by atoms with van der Waals surface area (Å²) in [5.41, 5.74) is 5.27. The average Bonchev–Trinajstić information content (AvgIpc) is 2.86. The Kier molecular flexibility index (Phi) is 9.28. The number of pyridine rings is 1. The first-order valence-corrected chi connectivity index (χ1v) is 12.5. The van der Waals surface area contributed by atoms with Gasteiger partial charge in [0, 0.05) is 35.2 Å². The minimum absolute atomic E-state index is 0.154. The standard InChI is InChI=1S/C29H29ClFN3O5/c1-29(2,3)39-10-9-24(25(35)12-17-5-8-20(28(33)37)23(31)11-17)34-16-26(38-4)22(14-27(34)36)21-13-19(30)7-6-18(21)15-32/h5-8,11,13-14,16,24H,9-10,12H2,1-4H3,(H2,33,37). The number of halogens is 2. The summed E-state index contributed by atoms with van der Waals surface area (Å²) in [6.45, 7) is 5.77. The Morgan fingerprint density at radius 3 is 2.46 bits per heavy atom. The summed E-state index contributed by atoms with van der Waals surface area (Å²) in [7, 11) is 1.41. The van der Waals surface area contributed by atoms with E-state index in [-0.39, 0.29) is 36.5 Å². The molecule has 1 amide bonds. The molecule has 0 aliphatic carbocycles. The first-order valence-electron chi connectivity index (χ1n) is 12.1. The van der Waals surface area contributed by atoms with E-state index in [2.05, 4.69) is 6.07 Å². The van der Waals surface area contributed by atoms with E-state index in [0.717, 1.165) is 6.07 Å². The van der Waals surface area contributed by atoms with Crippen molar-refractivity contribution in [3.63, 3.8) is 0 Å². The summed E-state index contributed by atoms with van der Waals surface area (Å²) >= 11 is 6.15. The molecule has 2 aromatic carbocycles. The predicted octanol–water partition coefficient (Wildman–Crippen LogP) is 4.85. The van der Waals surface area contributed by atoms with E-state index in [0.29, 0.717) is 27.3 Å². The summed E-state index contributed by atoms with van der Waals surface area (Å²) in [4.78, 5) is 38.3. The van der Waals surface area contributed by atoms with Crippen molar-refractivity contribution in [2.75, 3.05) is 13.7 Å². The molecule has 1 unspecified atom stereocenters. The number of hydrogen-bond acceptors (Lipinski definition) is 6. The number of nitrogens with two attached hydrogens (primary N) is 1. The highest BCUT2D eigenvalue weighted by Gasteiger charge is 2.25. The van der Waals surface area contributed by atoms with Gasteiger partial charge in [0.2, 0.25) is 0 Å². The second-order valence-electron chi connectivity index (χ2n) is 9.89. The Balaban J connectivity index is 2.05. The molecule has 0 saturated carbocycles. The minimum atomic E-state index is -0.975. The van der Waals surface area contributed by atoms with Crippen LogP contribution < -0.4 is 16.0 Å². The van der Waals surface area contributed by atoms with Crippen LogP contribution in [0.5, 0.6) is 5.75 Å². The molecule has 1 atom stereocenters. The zero-order chi connectivity index (χ0) is 28.9. The van der Waals surface area contributed by atoms with Gasteiger partial charge in [-0.25, -0.2) is 4.39 Å². The topological polar surface area (TPSA) is 124 Å². The van der Waals surface area contributed by atoms with Gasteiger partial charge < -0.3 is 19.8 Å². The lowest BCUT2D eigenvalue weighted by Gasteiger charge is -2.24. The zero-order valence-corrected chi connectivity index (χ0v) is 22.8. The fraction of sp³-hybridized carbons (Fsp3) is 0.310. The lowest BCUT2D eigenvalue weighted by Crippen LogP contribution is -2.32. The predicted molar refractivity (Wildman–Crippen MR) is 145 cm³/mol. The third-order valence-corrected chi connectivity index (χ3v) is 6.20. The number of rotatable bonds is 10. The summed E-state index contributed by atoms with van der Waals surface area (Å²) in [5, 5.41) is 9.93. The van der Waals surface area contributed by atoms with Crippen molar-refractivity contribution in [1.82, 2.24) is 4.57 Å². The van der Waals surface area contributed by atoms with Gasteiger partial charge in [-0.05, 0) is 63.1 Å². The van der Waals surface area contributed by atoms with E-state index in [4.69, 9.17) is 26.8 Å². The maximum absolute atomic E-state index is 14.3. The summed E-state index contributed by atoms with van der Waals surface area (Å²) in [6, 6.07) is 10.8. The highest BCUT2D eigenvalue weighted by atomic mass is 35.5. The molecule has 1 heterocycles. The molecular weight excluding hydrogens is 525 g/mol. The van der Waals surface area contributed by atoms with Crippen LogP contribution in [0.1, 0.15) is 54.7 Å². The quantitative estimate of drug-likeness (QED) is 0.383. The molecule has 0 spiro atoms. The number of Topliss-reactive ketones (excluding diaryl/α,β-unsaturated/α-hetero) is 1. The Hall–Kier alpha value is -4.00. The smallest absolute Gasteiger partial charge is 0.252 e. The number of nitriles is 1. The van der Waals surface area contributed by atoms with E-state index in [9.17, 15) is 24.0 Å². The van der Waals surface area contributed by atoms with Crippen molar-refractivity contribution in [2.24, 2.45) is 5.73 Å². The van der Waals surface area contributed by atoms with Gasteiger partial charge in [0.15, 0.2) is 5.78 Å². The van der Waals surface area contributed by atoms with Crippen LogP contribution >= 0.6 is 11.6 Å². The first-order chi connectivity index (χ1) is 18.3. The molecular formula is C29H29ClFN3O5. The zero-order valence-electron chi connectivity index (χ0n) is 22.1. The number of aromatic nitrogens is 1. The van der Waals surface area contributed by atoms with Crippen LogP contribution in [0, 0.1) is 17.1 Å². The second-order valence-corrected chi connectivity index (χ2v) is 10.3. The molecule has 204 valence electrons. The van der Waals surface area contributed by atoms with Crippen molar-refractivity contribution in [1.29, 1.82) is 5.26 Å². The van der Waals surface area contributed by atoms with E-state index in [1.807, 2.05) is 20.8 Å². The van der Waals surface area contributed by atoms with E-state index in [1.165, 1.54) is 36.1 Å². The Bertz CT molecular complexity index is 1500.